The van der Waals surface area contributed by atoms with Gasteiger partial charge in [-0.1, -0.05) is 20.8 Å². The number of hydrogen-bond donors (Lipinski definition) is 0. The lowest BCUT2D eigenvalue weighted by molar-refractivity contribution is -0.898. The van der Waals surface area contributed by atoms with E-state index in [1.807, 2.05) is 0 Å². The minimum atomic E-state index is 0.508. The van der Waals surface area contributed by atoms with Crippen molar-refractivity contribution >= 4 is 0 Å². The second kappa shape index (κ2) is 3.84. The quantitative estimate of drug-likeness (QED) is 0.567. The van der Waals surface area contributed by atoms with E-state index in [1.165, 1.54) is 25.7 Å². The van der Waals surface area contributed by atoms with Gasteiger partial charge in [0.1, 0.15) is 0 Å². The predicted molar refractivity (Wildman–Crippen MR) is 63.2 cm³/mol. The summed E-state index contributed by atoms with van der Waals surface area (Å²) in [4.78, 5) is 0. The van der Waals surface area contributed by atoms with E-state index in [4.69, 9.17) is 0 Å². The van der Waals surface area contributed by atoms with Gasteiger partial charge in [0.25, 0.3) is 0 Å². The molecule has 0 N–H and O–H groups in total. The maximum Gasteiger partial charge on any atom is 0.0887 e. The van der Waals surface area contributed by atoms with Crippen molar-refractivity contribution in [2.45, 2.75) is 52.5 Å². The highest BCUT2D eigenvalue weighted by atomic mass is 15.3. The summed E-state index contributed by atoms with van der Waals surface area (Å²) in [5, 5.41) is 0. The van der Waals surface area contributed by atoms with Crippen molar-refractivity contribution in [1.29, 1.82) is 0 Å². The fourth-order valence-corrected chi connectivity index (χ4v) is 2.65. The van der Waals surface area contributed by atoms with Gasteiger partial charge in [0, 0.05) is 6.42 Å². The molecule has 1 aliphatic rings. The number of nitrogens with zero attached hydrogens (tertiary/aromatic N) is 1. The Balaban J connectivity index is 2.61. The van der Waals surface area contributed by atoms with Gasteiger partial charge in [-0.3, -0.25) is 0 Å². The SMILES string of the molecule is CC(C)(C)[C@H]1CCC[C@H]([N+](C)(C)C)C1. The zero-order chi connectivity index (χ0) is 11.0. The summed E-state index contributed by atoms with van der Waals surface area (Å²) in [5.41, 5.74) is 0.508. The third kappa shape index (κ3) is 2.98. The molecule has 0 aromatic carbocycles. The topological polar surface area (TPSA) is 0 Å². The first-order valence-corrected chi connectivity index (χ1v) is 6.02. The van der Waals surface area contributed by atoms with E-state index in [0.29, 0.717) is 5.41 Å². The van der Waals surface area contributed by atoms with E-state index in [2.05, 4.69) is 41.9 Å². The van der Waals surface area contributed by atoms with Crippen LogP contribution in [0.2, 0.25) is 0 Å². The van der Waals surface area contributed by atoms with Crippen molar-refractivity contribution in [3.63, 3.8) is 0 Å². The molecule has 0 spiro atoms. The average Bonchev–Trinajstić information content (AvgIpc) is 2.01. The van der Waals surface area contributed by atoms with Crippen LogP contribution >= 0.6 is 0 Å². The Bertz CT molecular complexity index is 162. The number of hydrogen-bond acceptors (Lipinski definition) is 0. The molecule has 1 fully saturated rings. The third-order valence-electron chi connectivity index (χ3n) is 3.97. The Kier molecular flexibility index (Phi) is 3.30. The van der Waals surface area contributed by atoms with Crippen LogP contribution in [0.4, 0.5) is 0 Å². The molecule has 1 heteroatoms. The van der Waals surface area contributed by atoms with Gasteiger partial charge in [-0.15, -0.1) is 0 Å². The van der Waals surface area contributed by atoms with Gasteiger partial charge in [-0.05, 0) is 30.6 Å². The summed E-state index contributed by atoms with van der Waals surface area (Å²) < 4.78 is 1.15. The highest BCUT2D eigenvalue weighted by molar-refractivity contribution is 4.81. The Morgan fingerprint density at radius 3 is 2.00 bits per heavy atom. The molecule has 1 saturated carbocycles. The average molecular weight is 198 g/mol. The molecular formula is C13H28N+. The molecule has 2 atom stereocenters. The lowest BCUT2D eigenvalue weighted by Gasteiger charge is -2.43. The molecule has 0 aromatic rings. The van der Waals surface area contributed by atoms with Crippen molar-refractivity contribution in [1.82, 2.24) is 0 Å². The monoisotopic (exact) mass is 198 g/mol. The minimum Gasteiger partial charge on any atom is -0.328 e. The van der Waals surface area contributed by atoms with Crippen LogP contribution < -0.4 is 0 Å². The van der Waals surface area contributed by atoms with E-state index in [-0.39, 0.29) is 0 Å². The molecule has 14 heavy (non-hydrogen) atoms. The molecule has 84 valence electrons. The molecule has 0 unspecified atom stereocenters. The Morgan fingerprint density at radius 1 is 1.00 bits per heavy atom. The van der Waals surface area contributed by atoms with Gasteiger partial charge in [0.2, 0.25) is 0 Å². The Morgan fingerprint density at radius 2 is 1.57 bits per heavy atom. The fraction of sp³-hybridized carbons (Fsp3) is 1.00. The maximum absolute atomic E-state index is 2.40. The summed E-state index contributed by atoms with van der Waals surface area (Å²) in [6.07, 6.45) is 5.73. The fourth-order valence-electron chi connectivity index (χ4n) is 2.65. The summed E-state index contributed by atoms with van der Waals surface area (Å²) in [5.74, 6) is 0.929. The molecule has 0 radical (unpaired) electrons. The number of rotatable bonds is 1. The molecule has 0 saturated heterocycles. The normalized spacial score (nSPS) is 30.4. The highest BCUT2D eigenvalue weighted by Gasteiger charge is 2.35. The van der Waals surface area contributed by atoms with Crippen LogP contribution in [-0.4, -0.2) is 31.7 Å². The van der Waals surface area contributed by atoms with Gasteiger partial charge in [0.05, 0.1) is 27.2 Å². The zero-order valence-electron chi connectivity index (χ0n) is 10.9. The third-order valence-corrected chi connectivity index (χ3v) is 3.97. The first-order chi connectivity index (χ1) is 6.21. The minimum absolute atomic E-state index is 0.508. The van der Waals surface area contributed by atoms with Crippen LogP contribution in [0.5, 0.6) is 0 Å². The first kappa shape index (κ1) is 12.0. The second-order valence-electron chi connectivity index (χ2n) is 7.00. The van der Waals surface area contributed by atoms with Gasteiger partial charge in [0.15, 0.2) is 0 Å². The molecule has 0 heterocycles. The van der Waals surface area contributed by atoms with Crippen LogP contribution in [0.1, 0.15) is 46.5 Å². The van der Waals surface area contributed by atoms with Crippen molar-refractivity contribution in [2.75, 3.05) is 21.1 Å². The molecule has 0 aliphatic heterocycles. The van der Waals surface area contributed by atoms with E-state index in [1.54, 1.807) is 0 Å². The van der Waals surface area contributed by atoms with E-state index < -0.39 is 0 Å². The first-order valence-electron chi connectivity index (χ1n) is 6.02. The maximum atomic E-state index is 2.40. The van der Waals surface area contributed by atoms with E-state index in [0.717, 1.165) is 16.4 Å². The van der Waals surface area contributed by atoms with Crippen LogP contribution in [-0.2, 0) is 0 Å². The van der Waals surface area contributed by atoms with E-state index in [9.17, 15) is 0 Å². The van der Waals surface area contributed by atoms with E-state index >= 15 is 0 Å². The smallest absolute Gasteiger partial charge is 0.0887 e. The van der Waals surface area contributed by atoms with Gasteiger partial charge in [-0.25, -0.2) is 0 Å². The molecular weight excluding hydrogens is 170 g/mol. The highest BCUT2D eigenvalue weighted by Crippen LogP contribution is 2.39. The molecule has 1 rings (SSSR count). The van der Waals surface area contributed by atoms with Crippen LogP contribution in [0.3, 0.4) is 0 Å². The molecule has 0 amide bonds. The van der Waals surface area contributed by atoms with Crippen LogP contribution in [0.15, 0.2) is 0 Å². The molecule has 0 aromatic heterocycles. The van der Waals surface area contributed by atoms with Crippen molar-refractivity contribution in [3.05, 3.63) is 0 Å². The van der Waals surface area contributed by atoms with Crippen LogP contribution in [0.25, 0.3) is 0 Å². The van der Waals surface area contributed by atoms with Gasteiger partial charge in [-0.2, -0.15) is 0 Å². The summed E-state index contributed by atoms with van der Waals surface area (Å²) in [7, 11) is 7.03. The molecule has 1 aliphatic carbocycles. The number of quaternary nitrogens is 1. The predicted octanol–water partition coefficient (Wildman–Crippen LogP) is 3.30. The Hall–Kier alpha value is -0.0400. The summed E-state index contributed by atoms with van der Waals surface area (Å²) in [6.45, 7) is 7.20. The largest absolute Gasteiger partial charge is 0.328 e. The van der Waals surface area contributed by atoms with Crippen molar-refractivity contribution < 1.29 is 4.48 Å². The second-order valence-corrected chi connectivity index (χ2v) is 7.00. The lowest BCUT2D eigenvalue weighted by Crippen LogP contribution is -2.48. The molecule has 1 nitrogen and oxygen atoms in total. The van der Waals surface area contributed by atoms with Gasteiger partial charge >= 0.3 is 0 Å². The summed E-state index contributed by atoms with van der Waals surface area (Å²) >= 11 is 0. The van der Waals surface area contributed by atoms with Crippen molar-refractivity contribution in [2.24, 2.45) is 11.3 Å². The molecule has 0 bridgehead atoms. The zero-order valence-corrected chi connectivity index (χ0v) is 10.9. The van der Waals surface area contributed by atoms with Crippen molar-refractivity contribution in [3.8, 4) is 0 Å². The van der Waals surface area contributed by atoms with Crippen LogP contribution in [0, 0.1) is 11.3 Å². The standard InChI is InChI=1S/C13H28N/c1-13(2,3)11-8-7-9-12(10-11)14(4,5)6/h11-12H,7-10H2,1-6H3/q+1/t11-,12-/m0/s1. The van der Waals surface area contributed by atoms with Gasteiger partial charge < -0.3 is 4.48 Å². The lowest BCUT2D eigenvalue weighted by atomic mass is 9.70. The summed E-state index contributed by atoms with van der Waals surface area (Å²) in [6, 6.07) is 0.882. The Labute approximate surface area is 90.1 Å².